The van der Waals surface area contributed by atoms with Crippen LogP contribution < -0.4 is 10.2 Å². The molecular weight excluding hydrogens is 252 g/mol. The topological polar surface area (TPSA) is 49.4 Å². The van der Waals surface area contributed by atoms with Crippen molar-refractivity contribution in [2.45, 2.75) is 26.3 Å². The van der Waals surface area contributed by atoms with Crippen molar-refractivity contribution in [2.24, 2.45) is 0 Å². The molecule has 1 amide bonds. The Kier molecular flexibility index (Phi) is 5.08. The zero-order valence-corrected chi connectivity index (χ0v) is 12.7. The number of benzene rings is 1. The first-order valence-electron chi connectivity index (χ1n) is 6.51. The Labute approximate surface area is 120 Å². The Balaban J connectivity index is 2.68. The second kappa shape index (κ2) is 6.37. The van der Waals surface area contributed by atoms with Gasteiger partial charge in [-0.1, -0.05) is 18.2 Å². The molecule has 0 saturated heterocycles. The van der Waals surface area contributed by atoms with Gasteiger partial charge >= 0.3 is 0 Å². The standard InChI is InChI=1S/C16H22N2O2/c1-16(2,3)17-15(20)14(19)11-8-12-6-9-13(10-7-12)18(4)5/h6-11H,1-5H3,(H,17,20)/b11-8+. The maximum absolute atomic E-state index is 11.7. The van der Waals surface area contributed by atoms with E-state index in [0.717, 1.165) is 11.3 Å². The lowest BCUT2D eigenvalue weighted by molar-refractivity contribution is -0.136. The zero-order chi connectivity index (χ0) is 15.3. The summed E-state index contributed by atoms with van der Waals surface area (Å²) in [5.74, 6) is -1.13. The molecule has 0 saturated carbocycles. The van der Waals surface area contributed by atoms with Crippen LogP contribution in [0.25, 0.3) is 6.08 Å². The third-order valence-corrected chi connectivity index (χ3v) is 2.55. The van der Waals surface area contributed by atoms with Crippen LogP contribution >= 0.6 is 0 Å². The SMILES string of the molecule is CN(C)c1ccc(/C=C/C(=O)C(=O)NC(C)(C)C)cc1. The molecule has 1 aromatic carbocycles. The fraction of sp³-hybridized carbons (Fsp3) is 0.375. The normalized spacial score (nSPS) is 11.4. The van der Waals surface area contributed by atoms with Gasteiger partial charge in [0.2, 0.25) is 5.78 Å². The van der Waals surface area contributed by atoms with E-state index in [4.69, 9.17) is 0 Å². The molecular formula is C16H22N2O2. The van der Waals surface area contributed by atoms with Crippen LogP contribution in [0.15, 0.2) is 30.3 Å². The monoisotopic (exact) mass is 274 g/mol. The summed E-state index contributed by atoms with van der Waals surface area (Å²) in [6, 6.07) is 7.72. The van der Waals surface area contributed by atoms with E-state index in [-0.39, 0.29) is 0 Å². The van der Waals surface area contributed by atoms with Crippen molar-refractivity contribution in [2.75, 3.05) is 19.0 Å². The molecule has 0 heterocycles. The number of ketones is 1. The van der Waals surface area contributed by atoms with E-state index in [2.05, 4.69) is 5.32 Å². The molecule has 0 spiro atoms. The van der Waals surface area contributed by atoms with E-state index >= 15 is 0 Å². The van der Waals surface area contributed by atoms with Gasteiger partial charge in [-0.05, 0) is 44.5 Å². The maximum atomic E-state index is 11.7. The van der Waals surface area contributed by atoms with Crippen LogP contribution in [0.5, 0.6) is 0 Å². The summed E-state index contributed by atoms with van der Waals surface area (Å²) in [5, 5.41) is 2.63. The molecule has 0 aliphatic heterocycles. The van der Waals surface area contributed by atoms with Crippen molar-refractivity contribution in [3.63, 3.8) is 0 Å². The minimum absolute atomic E-state index is 0.409. The van der Waals surface area contributed by atoms with Gasteiger partial charge < -0.3 is 10.2 Å². The van der Waals surface area contributed by atoms with Gasteiger partial charge in [0.05, 0.1) is 0 Å². The van der Waals surface area contributed by atoms with E-state index in [0.29, 0.717) is 0 Å². The highest BCUT2D eigenvalue weighted by molar-refractivity contribution is 6.41. The number of hydrogen-bond donors (Lipinski definition) is 1. The van der Waals surface area contributed by atoms with Gasteiger partial charge in [-0.25, -0.2) is 0 Å². The minimum Gasteiger partial charge on any atom is -0.378 e. The third kappa shape index (κ3) is 5.26. The fourth-order valence-corrected chi connectivity index (χ4v) is 1.53. The predicted molar refractivity (Wildman–Crippen MR) is 82.7 cm³/mol. The van der Waals surface area contributed by atoms with Gasteiger partial charge in [0, 0.05) is 25.3 Å². The molecule has 4 nitrogen and oxygen atoms in total. The lowest BCUT2D eigenvalue weighted by atomic mass is 10.1. The second-order valence-corrected chi connectivity index (χ2v) is 5.89. The quantitative estimate of drug-likeness (QED) is 0.676. The molecule has 0 aliphatic rings. The first-order valence-corrected chi connectivity index (χ1v) is 6.51. The number of carbonyl (C=O) groups is 2. The zero-order valence-electron chi connectivity index (χ0n) is 12.7. The molecule has 0 bridgehead atoms. The van der Waals surface area contributed by atoms with Gasteiger partial charge in [-0.3, -0.25) is 9.59 Å². The van der Waals surface area contributed by atoms with Gasteiger partial charge in [0.25, 0.3) is 5.91 Å². The van der Waals surface area contributed by atoms with Gasteiger partial charge in [-0.15, -0.1) is 0 Å². The van der Waals surface area contributed by atoms with Crippen LogP contribution in [0, 0.1) is 0 Å². The molecule has 0 unspecified atom stereocenters. The Bertz CT molecular complexity index is 508. The summed E-state index contributed by atoms with van der Waals surface area (Å²) in [6.45, 7) is 5.51. The summed E-state index contributed by atoms with van der Waals surface area (Å²) in [7, 11) is 3.93. The number of amides is 1. The van der Waals surface area contributed by atoms with E-state index < -0.39 is 17.2 Å². The number of rotatable bonds is 4. The molecule has 0 atom stereocenters. The van der Waals surface area contributed by atoms with Crippen LogP contribution in [0.4, 0.5) is 5.69 Å². The van der Waals surface area contributed by atoms with Crippen molar-refractivity contribution in [1.29, 1.82) is 0 Å². The maximum Gasteiger partial charge on any atom is 0.292 e. The summed E-state index contributed by atoms with van der Waals surface area (Å²) < 4.78 is 0. The lowest BCUT2D eigenvalue weighted by Gasteiger charge is -2.19. The predicted octanol–water partition coefficient (Wildman–Crippen LogP) is 2.25. The molecule has 1 aromatic rings. The largest absolute Gasteiger partial charge is 0.378 e. The highest BCUT2D eigenvalue weighted by Gasteiger charge is 2.17. The van der Waals surface area contributed by atoms with Crippen molar-refractivity contribution in [1.82, 2.24) is 5.32 Å². The van der Waals surface area contributed by atoms with Gasteiger partial charge in [-0.2, -0.15) is 0 Å². The van der Waals surface area contributed by atoms with E-state index in [1.54, 1.807) is 6.08 Å². The van der Waals surface area contributed by atoms with Crippen molar-refractivity contribution in [3.05, 3.63) is 35.9 Å². The minimum atomic E-state index is -0.585. The van der Waals surface area contributed by atoms with Crippen molar-refractivity contribution in [3.8, 4) is 0 Å². The average molecular weight is 274 g/mol. The smallest absolute Gasteiger partial charge is 0.292 e. The first-order chi connectivity index (χ1) is 9.19. The Morgan fingerprint density at radius 1 is 1.10 bits per heavy atom. The molecule has 0 aromatic heterocycles. The van der Waals surface area contributed by atoms with Gasteiger partial charge in [0.1, 0.15) is 0 Å². The average Bonchev–Trinajstić information content (AvgIpc) is 2.34. The number of nitrogens with zero attached hydrogens (tertiary/aromatic N) is 1. The third-order valence-electron chi connectivity index (χ3n) is 2.55. The molecule has 0 fully saturated rings. The van der Waals surface area contributed by atoms with Crippen LogP contribution in [-0.4, -0.2) is 31.3 Å². The first kappa shape index (κ1) is 16.0. The van der Waals surface area contributed by atoms with E-state index in [1.165, 1.54) is 6.08 Å². The molecule has 1 rings (SSSR count). The van der Waals surface area contributed by atoms with Crippen molar-refractivity contribution < 1.29 is 9.59 Å². The number of carbonyl (C=O) groups excluding carboxylic acids is 2. The second-order valence-electron chi connectivity index (χ2n) is 5.89. The lowest BCUT2D eigenvalue weighted by Crippen LogP contribution is -2.43. The molecule has 0 radical (unpaired) electrons. The molecule has 1 N–H and O–H groups in total. The highest BCUT2D eigenvalue weighted by Crippen LogP contribution is 2.13. The number of anilines is 1. The Morgan fingerprint density at radius 3 is 2.10 bits per heavy atom. The Hall–Kier alpha value is -2.10. The number of nitrogens with one attached hydrogen (secondary N) is 1. The fourth-order valence-electron chi connectivity index (χ4n) is 1.53. The van der Waals surface area contributed by atoms with E-state index in [1.807, 2.05) is 64.0 Å². The summed E-state index contributed by atoms with van der Waals surface area (Å²) in [6.07, 6.45) is 2.94. The number of hydrogen-bond acceptors (Lipinski definition) is 3. The van der Waals surface area contributed by atoms with Gasteiger partial charge in [0.15, 0.2) is 0 Å². The molecule has 0 aliphatic carbocycles. The van der Waals surface area contributed by atoms with Crippen LogP contribution in [0.1, 0.15) is 26.3 Å². The van der Waals surface area contributed by atoms with Crippen LogP contribution in [-0.2, 0) is 9.59 Å². The summed E-state index contributed by atoms with van der Waals surface area (Å²) in [5.41, 5.74) is 1.56. The summed E-state index contributed by atoms with van der Waals surface area (Å²) >= 11 is 0. The highest BCUT2D eigenvalue weighted by atomic mass is 16.2. The Morgan fingerprint density at radius 2 is 1.65 bits per heavy atom. The summed E-state index contributed by atoms with van der Waals surface area (Å²) in [4.78, 5) is 25.3. The molecule has 20 heavy (non-hydrogen) atoms. The van der Waals surface area contributed by atoms with Crippen LogP contribution in [0.2, 0.25) is 0 Å². The van der Waals surface area contributed by atoms with E-state index in [9.17, 15) is 9.59 Å². The molecule has 4 heteroatoms. The van der Waals surface area contributed by atoms with Crippen LogP contribution in [0.3, 0.4) is 0 Å². The van der Waals surface area contributed by atoms with Crippen molar-refractivity contribution >= 4 is 23.5 Å². The molecule has 108 valence electrons.